The third kappa shape index (κ3) is 5.72. The van der Waals surface area contributed by atoms with Crippen molar-refractivity contribution >= 4 is 11.8 Å². The van der Waals surface area contributed by atoms with Crippen LogP contribution in [0.5, 0.6) is 5.75 Å². The van der Waals surface area contributed by atoms with Gasteiger partial charge in [-0.25, -0.2) is 9.67 Å². The van der Waals surface area contributed by atoms with Crippen molar-refractivity contribution in [1.29, 1.82) is 0 Å². The number of hydrogen-bond donors (Lipinski definition) is 1. The molecule has 0 bridgehead atoms. The molecule has 1 saturated heterocycles. The Kier molecular flexibility index (Phi) is 7.12. The van der Waals surface area contributed by atoms with Gasteiger partial charge < -0.3 is 15.0 Å². The fraction of sp³-hybridized carbons (Fsp3) is 0.333. The van der Waals surface area contributed by atoms with Gasteiger partial charge in [-0.05, 0) is 48.7 Å². The summed E-state index contributed by atoms with van der Waals surface area (Å²) in [6, 6.07) is 15.1. The summed E-state index contributed by atoms with van der Waals surface area (Å²) in [5.41, 5.74) is 0.963. The zero-order valence-electron chi connectivity index (χ0n) is 17.9. The molecule has 1 aliphatic heterocycles. The molecule has 32 heavy (non-hydrogen) atoms. The first kappa shape index (κ1) is 21.5. The molecule has 1 N–H and O–H groups in total. The Labute approximate surface area is 187 Å². The van der Waals surface area contributed by atoms with Crippen LogP contribution in [0.2, 0.25) is 0 Å². The molecule has 0 radical (unpaired) electrons. The molecule has 3 aromatic rings. The van der Waals surface area contributed by atoms with Crippen molar-refractivity contribution < 1.29 is 14.3 Å². The van der Waals surface area contributed by atoms with Gasteiger partial charge in [0, 0.05) is 44.1 Å². The molecule has 2 amide bonds. The van der Waals surface area contributed by atoms with Crippen LogP contribution in [-0.4, -0.2) is 51.2 Å². The summed E-state index contributed by atoms with van der Waals surface area (Å²) in [5, 5.41) is 7.20. The van der Waals surface area contributed by atoms with Crippen LogP contribution in [0.15, 0.2) is 67.1 Å². The monoisotopic (exact) mass is 433 g/mol. The van der Waals surface area contributed by atoms with Gasteiger partial charge in [0.2, 0.25) is 11.8 Å². The summed E-state index contributed by atoms with van der Waals surface area (Å²) in [6.07, 6.45) is 6.92. The lowest BCUT2D eigenvalue weighted by molar-refractivity contribution is -0.136. The van der Waals surface area contributed by atoms with E-state index in [9.17, 15) is 9.59 Å². The van der Waals surface area contributed by atoms with E-state index in [0.29, 0.717) is 51.3 Å². The highest BCUT2D eigenvalue weighted by molar-refractivity contribution is 5.80. The highest BCUT2D eigenvalue weighted by Crippen LogP contribution is 2.19. The van der Waals surface area contributed by atoms with E-state index in [1.54, 1.807) is 17.1 Å². The Balaban J connectivity index is 1.18. The Bertz CT molecular complexity index is 1020. The lowest BCUT2D eigenvalue weighted by Crippen LogP contribution is -2.43. The first-order valence-corrected chi connectivity index (χ1v) is 10.9. The number of hydrogen-bond acceptors (Lipinski definition) is 5. The fourth-order valence-electron chi connectivity index (χ4n) is 3.76. The number of nitrogens with one attached hydrogen (secondary N) is 1. The standard InChI is InChI=1S/C24H27N5O3/c30-23(10-16-32-21-5-2-1-3-6-21)28-14-8-20(9-15-28)24(31)26-18-19-7-12-25-22(17-19)29-13-4-11-27-29/h1-7,11-13,17,20H,8-10,14-16,18H2,(H,26,31). The zero-order valence-corrected chi connectivity index (χ0v) is 17.9. The summed E-state index contributed by atoms with van der Waals surface area (Å²) in [7, 11) is 0. The predicted octanol–water partition coefficient (Wildman–Crippen LogP) is 2.59. The molecule has 8 heteroatoms. The van der Waals surface area contributed by atoms with E-state index in [2.05, 4.69) is 15.4 Å². The molecule has 0 spiro atoms. The number of pyridine rings is 1. The number of likely N-dealkylation sites (tertiary alicyclic amines) is 1. The van der Waals surface area contributed by atoms with Crippen LogP contribution in [0, 0.1) is 5.92 Å². The van der Waals surface area contributed by atoms with Crippen molar-refractivity contribution in [3.63, 3.8) is 0 Å². The molecule has 1 aliphatic rings. The van der Waals surface area contributed by atoms with E-state index >= 15 is 0 Å². The lowest BCUT2D eigenvalue weighted by Gasteiger charge is -2.31. The first-order valence-electron chi connectivity index (χ1n) is 10.9. The average Bonchev–Trinajstić information content (AvgIpc) is 3.39. The Hall–Kier alpha value is -3.68. The number of rotatable bonds is 8. The zero-order chi connectivity index (χ0) is 22.2. The Morgan fingerprint density at radius 2 is 1.88 bits per heavy atom. The summed E-state index contributed by atoms with van der Waals surface area (Å²) in [5.74, 6) is 1.50. The van der Waals surface area contributed by atoms with E-state index in [1.807, 2.05) is 59.6 Å². The van der Waals surface area contributed by atoms with Crippen LogP contribution in [0.3, 0.4) is 0 Å². The second-order valence-corrected chi connectivity index (χ2v) is 7.76. The number of carbonyl (C=O) groups excluding carboxylic acids is 2. The van der Waals surface area contributed by atoms with Crippen LogP contribution in [-0.2, 0) is 16.1 Å². The molecule has 2 aromatic heterocycles. The van der Waals surface area contributed by atoms with Gasteiger partial charge in [-0.15, -0.1) is 0 Å². The summed E-state index contributed by atoms with van der Waals surface area (Å²) in [4.78, 5) is 31.2. The molecule has 0 aliphatic carbocycles. The van der Waals surface area contributed by atoms with Crippen LogP contribution in [0.1, 0.15) is 24.8 Å². The maximum absolute atomic E-state index is 12.6. The second-order valence-electron chi connectivity index (χ2n) is 7.76. The summed E-state index contributed by atoms with van der Waals surface area (Å²) in [6.45, 7) is 1.99. The Morgan fingerprint density at radius 3 is 2.62 bits per heavy atom. The van der Waals surface area contributed by atoms with Gasteiger partial charge in [-0.3, -0.25) is 9.59 Å². The third-order valence-electron chi connectivity index (χ3n) is 5.56. The minimum atomic E-state index is -0.0768. The van der Waals surface area contributed by atoms with Gasteiger partial charge in [0.05, 0.1) is 13.0 Å². The van der Waals surface area contributed by atoms with Crippen molar-refractivity contribution in [3.05, 3.63) is 72.7 Å². The number of carbonyl (C=O) groups is 2. The van der Waals surface area contributed by atoms with E-state index < -0.39 is 0 Å². The van der Waals surface area contributed by atoms with Gasteiger partial charge in [-0.2, -0.15) is 5.10 Å². The molecule has 8 nitrogen and oxygen atoms in total. The molecular formula is C24H27N5O3. The van der Waals surface area contributed by atoms with Crippen molar-refractivity contribution in [1.82, 2.24) is 25.0 Å². The summed E-state index contributed by atoms with van der Waals surface area (Å²) >= 11 is 0. The number of para-hydroxylation sites is 1. The second kappa shape index (κ2) is 10.6. The van der Waals surface area contributed by atoms with Crippen molar-refractivity contribution in [2.75, 3.05) is 19.7 Å². The van der Waals surface area contributed by atoms with Gasteiger partial charge in [-0.1, -0.05) is 18.2 Å². The van der Waals surface area contributed by atoms with Crippen LogP contribution < -0.4 is 10.1 Å². The lowest BCUT2D eigenvalue weighted by atomic mass is 9.95. The average molecular weight is 434 g/mol. The normalized spacial score (nSPS) is 14.2. The molecule has 0 atom stereocenters. The van der Waals surface area contributed by atoms with Crippen molar-refractivity contribution in [3.8, 4) is 11.6 Å². The highest BCUT2D eigenvalue weighted by atomic mass is 16.5. The van der Waals surface area contributed by atoms with Gasteiger partial charge in [0.15, 0.2) is 5.82 Å². The van der Waals surface area contributed by atoms with Gasteiger partial charge in [0.1, 0.15) is 5.75 Å². The molecule has 0 unspecified atom stereocenters. The number of benzene rings is 1. The van der Waals surface area contributed by atoms with Gasteiger partial charge >= 0.3 is 0 Å². The largest absolute Gasteiger partial charge is 0.493 e. The maximum Gasteiger partial charge on any atom is 0.225 e. The molecule has 4 rings (SSSR count). The third-order valence-corrected chi connectivity index (χ3v) is 5.56. The fourth-order valence-corrected chi connectivity index (χ4v) is 3.76. The smallest absolute Gasteiger partial charge is 0.225 e. The molecule has 0 saturated carbocycles. The molecular weight excluding hydrogens is 406 g/mol. The number of aromatic nitrogens is 3. The van der Waals surface area contributed by atoms with Crippen LogP contribution >= 0.6 is 0 Å². The Morgan fingerprint density at radius 1 is 1.06 bits per heavy atom. The number of nitrogens with zero attached hydrogens (tertiary/aromatic N) is 4. The maximum atomic E-state index is 12.6. The van der Waals surface area contributed by atoms with E-state index in [-0.39, 0.29) is 17.7 Å². The quantitative estimate of drug-likeness (QED) is 0.590. The molecule has 1 aromatic carbocycles. The van der Waals surface area contributed by atoms with Crippen molar-refractivity contribution in [2.45, 2.75) is 25.8 Å². The van der Waals surface area contributed by atoms with Crippen LogP contribution in [0.4, 0.5) is 0 Å². The SMILES string of the molecule is O=C(NCc1ccnc(-n2cccn2)c1)C1CCN(C(=O)CCOc2ccccc2)CC1. The molecule has 1 fully saturated rings. The number of piperidine rings is 1. The first-order chi connectivity index (χ1) is 15.7. The van der Waals surface area contributed by atoms with Crippen molar-refractivity contribution in [2.24, 2.45) is 5.92 Å². The van der Waals surface area contributed by atoms with Gasteiger partial charge in [0.25, 0.3) is 0 Å². The molecule has 3 heterocycles. The predicted molar refractivity (Wildman–Crippen MR) is 119 cm³/mol. The van der Waals surface area contributed by atoms with E-state index in [0.717, 1.165) is 11.3 Å². The van der Waals surface area contributed by atoms with Crippen LogP contribution in [0.25, 0.3) is 5.82 Å². The number of amides is 2. The summed E-state index contributed by atoms with van der Waals surface area (Å²) < 4.78 is 7.29. The minimum absolute atomic E-state index is 0.0296. The van der Waals surface area contributed by atoms with E-state index in [1.165, 1.54) is 0 Å². The highest BCUT2D eigenvalue weighted by Gasteiger charge is 2.27. The molecule has 166 valence electrons. The number of ether oxygens (including phenoxy) is 1. The van der Waals surface area contributed by atoms with E-state index in [4.69, 9.17) is 4.74 Å². The topological polar surface area (TPSA) is 89.4 Å². The minimum Gasteiger partial charge on any atom is -0.493 e.